The summed E-state index contributed by atoms with van der Waals surface area (Å²) in [5, 5.41) is 9.75. The molecule has 2 fully saturated rings. The maximum absolute atomic E-state index is 12.3. The summed E-state index contributed by atoms with van der Waals surface area (Å²) < 4.78 is 5.22. The summed E-state index contributed by atoms with van der Waals surface area (Å²) >= 11 is 0. The molecule has 2 aliphatic rings. The SMILES string of the molecule is CCC(CNC(=O)[C@H]1CC[C@H](N)CC1)NC(=O)c1cc(C2CC2)on1. The average molecular weight is 348 g/mol. The van der Waals surface area contributed by atoms with E-state index in [0.717, 1.165) is 50.7 Å². The summed E-state index contributed by atoms with van der Waals surface area (Å²) in [6.07, 6.45) is 6.44. The third-order valence-corrected chi connectivity index (χ3v) is 5.23. The van der Waals surface area contributed by atoms with E-state index in [1.54, 1.807) is 6.07 Å². The van der Waals surface area contributed by atoms with E-state index in [1.807, 2.05) is 6.92 Å². The van der Waals surface area contributed by atoms with Crippen LogP contribution >= 0.6 is 0 Å². The van der Waals surface area contributed by atoms with E-state index in [9.17, 15) is 9.59 Å². The van der Waals surface area contributed by atoms with Crippen LogP contribution in [0.1, 0.15) is 74.0 Å². The number of aromatic nitrogens is 1. The Morgan fingerprint density at radius 2 is 2.00 bits per heavy atom. The Hall–Kier alpha value is -1.89. The van der Waals surface area contributed by atoms with Gasteiger partial charge in [0.1, 0.15) is 5.76 Å². The van der Waals surface area contributed by atoms with E-state index in [2.05, 4.69) is 15.8 Å². The van der Waals surface area contributed by atoms with Gasteiger partial charge in [-0.2, -0.15) is 0 Å². The zero-order valence-electron chi connectivity index (χ0n) is 14.8. The molecule has 1 atom stereocenters. The van der Waals surface area contributed by atoms with Crippen molar-refractivity contribution in [2.24, 2.45) is 11.7 Å². The van der Waals surface area contributed by atoms with Gasteiger partial charge in [-0.05, 0) is 44.9 Å². The van der Waals surface area contributed by atoms with Gasteiger partial charge in [-0.3, -0.25) is 9.59 Å². The molecule has 1 heterocycles. The third-order valence-electron chi connectivity index (χ3n) is 5.23. The van der Waals surface area contributed by atoms with Crippen LogP contribution in [0.4, 0.5) is 0 Å². The first-order valence-corrected chi connectivity index (χ1v) is 9.37. The minimum Gasteiger partial charge on any atom is -0.360 e. The molecule has 0 bridgehead atoms. The fourth-order valence-electron chi connectivity index (χ4n) is 3.26. The van der Waals surface area contributed by atoms with Crippen LogP contribution < -0.4 is 16.4 Å². The number of amides is 2. The van der Waals surface area contributed by atoms with Gasteiger partial charge in [0.05, 0.1) is 0 Å². The number of carbonyl (C=O) groups excluding carboxylic acids is 2. The van der Waals surface area contributed by atoms with Crippen LogP contribution in [0, 0.1) is 5.92 Å². The van der Waals surface area contributed by atoms with E-state index in [0.29, 0.717) is 18.2 Å². The Kier molecular flexibility index (Phi) is 5.73. The molecule has 1 aromatic heterocycles. The van der Waals surface area contributed by atoms with Gasteiger partial charge < -0.3 is 20.9 Å². The highest BCUT2D eigenvalue weighted by molar-refractivity contribution is 5.92. The molecule has 1 aromatic rings. The van der Waals surface area contributed by atoms with Crippen LogP contribution in [0.2, 0.25) is 0 Å². The fraction of sp³-hybridized carbons (Fsp3) is 0.722. The van der Waals surface area contributed by atoms with Crippen molar-refractivity contribution in [1.82, 2.24) is 15.8 Å². The maximum atomic E-state index is 12.3. The molecular formula is C18H28N4O3. The van der Waals surface area contributed by atoms with Crippen LogP contribution in [0.25, 0.3) is 0 Å². The lowest BCUT2D eigenvalue weighted by Crippen LogP contribution is -2.45. The molecule has 0 spiro atoms. The summed E-state index contributed by atoms with van der Waals surface area (Å²) in [5.74, 6) is 1.09. The van der Waals surface area contributed by atoms with Crippen molar-refractivity contribution in [3.8, 4) is 0 Å². The Morgan fingerprint density at radius 3 is 2.64 bits per heavy atom. The predicted octanol–water partition coefficient (Wildman–Crippen LogP) is 1.69. The third kappa shape index (κ3) is 4.81. The molecule has 7 heteroatoms. The van der Waals surface area contributed by atoms with E-state index in [-0.39, 0.29) is 29.8 Å². The van der Waals surface area contributed by atoms with E-state index in [1.165, 1.54) is 0 Å². The first kappa shape index (κ1) is 17.9. The van der Waals surface area contributed by atoms with Crippen molar-refractivity contribution in [3.05, 3.63) is 17.5 Å². The number of nitrogens with one attached hydrogen (secondary N) is 2. The maximum Gasteiger partial charge on any atom is 0.273 e. The van der Waals surface area contributed by atoms with Crippen molar-refractivity contribution in [2.75, 3.05) is 6.54 Å². The minimum atomic E-state index is -0.250. The summed E-state index contributed by atoms with van der Waals surface area (Å²) in [7, 11) is 0. The lowest BCUT2D eigenvalue weighted by atomic mass is 9.86. The molecule has 0 radical (unpaired) electrons. The van der Waals surface area contributed by atoms with E-state index >= 15 is 0 Å². The van der Waals surface area contributed by atoms with Crippen LogP contribution in [0.5, 0.6) is 0 Å². The van der Waals surface area contributed by atoms with Crippen LogP contribution in [-0.2, 0) is 4.79 Å². The van der Waals surface area contributed by atoms with Crippen molar-refractivity contribution >= 4 is 11.8 Å². The summed E-state index contributed by atoms with van der Waals surface area (Å²) in [6.45, 7) is 2.41. The number of hydrogen-bond acceptors (Lipinski definition) is 5. The highest BCUT2D eigenvalue weighted by Crippen LogP contribution is 2.40. The van der Waals surface area contributed by atoms with Gasteiger partial charge in [-0.15, -0.1) is 0 Å². The Bertz CT molecular complexity index is 603. The monoisotopic (exact) mass is 348 g/mol. The van der Waals surface area contributed by atoms with Gasteiger partial charge in [0.2, 0.25) is 5.91 Å². The smallest absolute Gasteiger partial charge is 0.273 e. The summed E-state index contributed by atoms with van der Waals surface area (Å²) in [5.41, 5.74) is 6.20. The van der Waals surface area contributed by atoms with Gasteiger partial charge in [0.25, 0.3) is 5.91 Å². The van der Waals surface area contributed by atoms with Gasteiger partial charge in [0.15, 0.2) is 5.69 Å². The topological polar surface area (TPSA) is 110 Å². The first-order valence-electron chi connectivity index (χ1n) is 9.37. The van der Waals surface area contributed by atoms with Crippen molar-refractivity contribution in [2.45, 2.75) is 69.9 Å². The zero-order valence-corrected chi connectivity index (χ0v) is 14.8. The van der Waals surface area contributed by atoms with Crippen molar-refractivity contribution in [1.29, 1.82) is 0 Å². The van der Waals surface area contributed by atoms with Gasteiger partial charge in [-0.25, -0.2) is 0 Å². The minimum absolute atomic E-state index is 0.0460. The second-order valence-corrected chi connectivity index (χ2v) is 7.32. The van der Waals surface area contributed by atoms with Crippen molar-refractivity contribution < 1.29 is 14.1 Å². The fourth-order valence-corrected chi connectivity index (χ4v) is 3.26. The number of nitrogens with zero attached hydrogens (tertiary/aromatic N) is 1. The highest BCUT2D eigenvalue weighted by Gasteiger charge is 2.29. The largest absolute Gasteiger partial charge is 0.360 e. The standard InChI is InChI=1S/C18H28N4O3/c1-2-14(10-20-17(23)12-5-7-13(19)8-6-12)21-18(24)15-9-16(25-22-15)11-3-4-11/h9,11-14H,2-8,10,19H2,1H3,(H,20,23)(H,21,24)/t12-,13-,14?. The molecule has 3 rings (SSSR count). The molecule has 25 heavy (non-hydrogen) atoms. The molecule has 7 nitrogen and oxygen atoms in total. The second-order valence-electron chi connectivity index (χ2n) is 7.32. The Morgan fingerprint density at radius 1 is 1.28 bits per heavy atom. The zero-order chi connectivity index (χ0) is 17.8. The molecule has 0 aromatic carbocycles. The molecule has 2 aliphatic carbocycles. The van der Waals surface area contributed by atoms with Crippen LogP contribution in [0.3, 0.4) is 0 Å². The van der Waals surface area contributed by atoms with Gasteiger partial charge >= 0.3 is 0 Å². The molecular weight excluding hydrogens is 320 g/mol. The molecule has 2 saturated carbocycles. The quantitative estimate of drug-likeness (QED) is 0.694. The molecule has 0 aliphatic heterocycles. The van der Waals surface area contributed by atoms with Gasteiger partial charge in [-0.1, -0.05) is 12.1 Å². The molecule has 2 amide bonds. The highest BCUT2D eigenvalue weighted by atomic mass is 16.5. The Balaban J connectivity index is 1.45. The van der Waals surface area contributed by atoms with Crippen LogP contribution in [0.15, 0.2) is 10.6 Å². The lowest BCUT2D eigenvalue weighted by Gasteiger charge is -2.26. The van der Waals surface area contributed by atoms with Crippen LogP contribution in [-0.4, -0.2) is 35.6 Å². The normalized spacial score (nSPS) is 24.6. The summed E-state index contributed by atoms with van der Waals surface area (Å²) in [4.78, 5) is 24.6. The number of hydrogen-bond donors (Lipinski definition) is 3. The molecule has 0 saturated heterocycles. The van der Waals surface area contributed by atoms with Gasteiger partial charge in [0, 0.05) is 36.5 Å². The van der Waals surface area contributed by atoms with Crippen molar-refractivity contribution in [3.63, 3.8) is 0 Å². The molecule has 4 N–H and O–H groups in total. The lowest BCUT2D eigenvalue weighted by molar-refractivity contribution is -0.126. The van der Waals surface area contributed by atoms with E-state index in [4.69, 9.17) is 10.3 Å². The number of nitrogens with two attached hydrogens (primary N) is 1. The predicted molar refractivity (Wildman–Crippen MR) is 93.0 cm³/mol. The molecule has 138 valence electrons. The Labute approximate surface area is 148 Å². The summed E-state index contributed by atoms with van der Waals surface area (Å²) in [6, 6.07) is 1.84. The second kappa shape index (κ2) is 7.99. The average Bonchev–Trinajstić information content (AvgIpc) is 3.35. The number of carbonyl (C=O) groups is 2. The first-order chi connectivity index (χ1) is 12.1. The molecule has 1 unspecified atom stereocenters. The van der Waals surface area contributed by atoms with E-state index < -0.39 is 0 Å². The number of rotatable bonds is 7.